The smallest absolute Gasteiger partial charge is 1.00 e. The van der Waals surface area contributed by atoms with Crippen LogP contribution in [0.4, 0.5) is 0 Å². The molecule has 0 unspecified atom stereocenters. The van der Waals surface area contributed by atoms with E-state index in [1.165, 1.54) is 44.9 Å². The predicted molar refractivity (Wildman–Crippen MR) is 77.9 cm³/mol. The van der Waals surface area contributed by atoms with Gasteiger partial charge in [-0.1, -0.05) is 64.7 Å². The normalized spacial score (nSPS) is 11.3. The van der Waals surface area contributed by atoms with Crippen molar-refractivity contribution >= 4 is 23.3 Å². The maximum atomic E-state index is 10.7. The second kappa shape index (κ2) is 15.6. The molecule has 0 aliphatic rings. The number of rotatable bonds is 13. The first-order valence-corrected chi connectivity index (χ1v) is 8.54. The van der Waals surface area contributed by atoms with Gasteiger partial charge in [-0.25, -0.2) is 4.18 Å². The van der Waals surface area contributed by atoms with Crippen molar-refractivity contribution in [3.8, 4) is 0 Å². The van der Waals surface area contributed by atoms with Gasteiger partial charge in [0, 0.05) is 0 Å². The van der Waals surface area contributed by atoms with E-state index in [0.717, 1.165) is 19.3 Å². The Bertz CT molecular complexity index is 277. The molecule has 0 aliphatic heterocycles. The fourth-order valence-corrected chi connectivity index (χ4v) is 2.27. The summed E-state index contributed by atoms with van der Waals surface area (Å²) in [5.74, 6) is 0. The predicted octanol–water partition coefficient (Wildman–Crippen LogP) is 1.15. The SMILES string of the molecule is CCCCCCCCCCCCOS(=O)(=O)OS.[H-].[Na+]. The Hall–Kier alpha value is 1.22. The fourth-order valence-electron chi connectivity index (χ4n) is 1.77. The average Bonchev–Trinajstić information content (AvgIpc) is 2.36. The van der Waals surface area contributed by atoms with E-state index in [1.54, 1.807) is 0 Å². The minimum absolute atomic E-state index is 0. The van der Waals surface area contributed by atoms with Crippen molar-refractivity contribution < 1.29 is 47.2 Å². The van der Waals surface area contributed by atoms with Crippen molar-refractivity contribution in [2.24, 2.45) is 0 Å². The van der Waals surface area contributed by atoms with Gasteiger partial charge < -0.3 is 1.43 Å². The van der Waals surface area contributed by atoms with Crippen molar-refractivity contribution in [2.45, 2.75) is 71.1 Å². The molecule has 0 saturated heterocycles. The molecule has 0 aromatic carbocycles. The summed E-state index contributed by atoms with van der Waals surface area (Å²) in [7, 11) is -3.87. The van der Waals surface area contributed by atoms with Crippen LogP contribution >= 0.6 is 12.9 Å². The van der Waals surface area contributed by atoms with Gasteiger partial charge in [-0.05, 0) is 19.3 Å². The molecule has 0 N–H and O–H groups in total. The Balaban J connectivity index is -0.00000144. The fraction of sp³-hybridized carbons (Fsp3) is 1.00. The zero-order chi connectivity index (χ0) is 13.7. The van der Waals surface area contributed by atoms with E-state index in [-0.39, 0.29) is 37.6 Å². The molecule has 7 heteroatoms. The van der Waals surface area contributed by atoms with Crippen LogP contribution in [0.25, 0.3) is 0 Å². The molecule has 0 saturated carbocycles. The monoisotopic (exact) mass is 322 g/mol. The first-order chi connectivity index (χ1) is 8.62. The van der Waals surface area contributed by atoms with E-state index in [2.05, 4.69) is 27.6 Å². The van der Waals surface area contributed by atoms with Gasteiger partial charge in [-0.2, -0.15) is 12.0 Å². The molecule has 0 aliphatic carbocycles. The first kappa shape index (κ1) is 22.5. The van der Waals surface area contributed by atoms with Gasteiger partial charge in [-0.3, -0.25) is 0 Å². The van der Waals surface area contributed by atoms with Gasteiger partial charge in [0.2, 0.25) is 0 Å². The standard InChI is InChI=1S/C12H26O4S2.Na.H/c1-2-3-4-5-6-7-8-9-10-11-12-15-18(13,14)16-17;;/h17H,2-12H2,1H3;;/q;+1;-1. The summed E-state index contributed by atoms with van der Waals surface area (Å²) in [5, 5.41) is 0. The van der Waals surface area contributed by atoms with Crippen LogP contribution in [0, 0.1) is 0 Å². The summed E-state index contributed by atoms with van der Waals surface area (Å²) in [6, 6.07) is 0. The number of hydrogen-bond acceptors (Lipinski definition) is 5. The third-order valence-corrected chi connectivity index (χ3v) is 4.00. The van der Waals surface area contributed by atoms with Gasteiger partial charge in [0.05, 0.1) is 6.61 Å². The first-order valence-electron chi connectivity index (χ1n) is 6.85. The molecule has 0 fully saturated rings. The Labute approximate surface area is 147 Å². The topological polar surface area (TPSA) is 52.6 Å². The third kappa shape index (κ3) is 17.2. The minimum Gasteiger partial charge on any atom is -1.00 e. The van der Waals surface area contributed by atoms with Crippen molar-refractivity contribution in [3.63, 3.8) is 0 Å². The Kier molecular flexibility index (Phi) is 18.5. The van der Waals surface area contributed by atoms with Crippen LogP contribution in [0.15, 0.2) is 0 Å². The summed E-state index contributed by atoms with van der Waals surface area (Å²) in [5.41, 5.74) is 0. The van der Waals surface area contributed by atoms with E-state index in [4.69, 9.17) is 0 Å². The second-order valence-electron chi connectivity index (χ2n) is 4.49. The zero-order valence-corrected chi connectivity index (χ0v) is 16.0. The van der Waals surface area contributed by atoms with E-state index < -0.39 is 10.4 Å². The van der Waals surface area contributed by atoms with Crippen molar-refractivity contribution in [1.29, 1.82) is 0 Å². The second-order valence-corrected chi connectivity index (χ2v) is 6.14. The summed E-state index contributed by atoms with van der Waals surface area (Å²) < 4.78 is 29.9. The van der Waals surface area contributed by atoms with Crippen LogP contribution < -0.4 is 29.6 Å². The number of unbranched alkanes of at least 4 members (excludes halogenated alkanes) is 9. The summed E-state index contributed by atoms with van der Waals surface area (Å²) in [6.45, 7) is 2.40. The number of thiol groups is 1. The molecular weight excluding hydrogens is 295 g/mol. The number of hydrogen-bond donors (Lipinski definition) is 1. The molecule has 0 aromatic heterocycles. The summed E-state index contributed by atoms with van der Waals surface area (Å²) in [6.07, 6.45) is 12.0. The van der Waals surface area contributed by atoms with Crippen LogP contribution in [-0.4, -0.2) is 15.0 Å². The van der Waals surface area contributed by atoms with E-state index in [0.29, 0.717) is 0 Å². The molecule has 112 valence electrons. The molecule has 0 amide bonds. The average molecular weight is 322 g/mol. The molecular formula is C12H27NaO4S2. The van der Waals surface area contributed by atoms with Gasteiger partial charge in [0.1, 0.15) is 0 Å². The Morgan fingerprint density at radius 3 is 1.74 bits per heavy atom. The van der Waals surface area contributed by atoms with E-state index >= 15 is 0 Å². The van der Waals surface area contributed by atoms with Crippen LogP contribution in [0.2, 0.25) is 0 Å². The zero-order valence-electron chi connectivity index (χ0n) is 13.3. The summed E-state index contributed by atoms with van der Waals surface area (Å²) in [4.78, 5) is 0. The van der Waals surface area contributed by atoms with Crippen LogP contribution in [0.5, 0.6) is 0 Å². The Morgan fingerprint density at radius 1 is 0.895 bits per heavy atom. The van der Waals surface area contributed by atoms with Crippen LogP contribution in [-0.2, 0) is 18.2 Å². The molecule has 0 aromatic rings. The van der Waals surface area contributed by atoms with Crippen LogP contribution in [0.1, 0.15) is 72.6 Å². The quantitative estimate of drug-likeness (QED) is 0.239. The maximum Gasteiger partial charge on any atom is 1.00 e. The molecule has 0 spiro atoms. The molecule has 0 bridgehead atoms. The largest absolute Gasteiger partial charge is 1.00 e. The van der Waals surface area contributed by atoms with Crippen molar-refractivity contribution in [2.75, 3.05) is 6.61 Å². The van der Waals surface area contributed by atoms with Crippen LogP contribution in [0.3, 0.4) is 0 Å². The maximum absolute atomic E-state index is 10.7. The van der Waals surface area contributed by atoms with E-state index in [9.17, 15) is 8.42 Å². The molecule has 0 heterocycles. The third-order valence-electron chi connectivity index (χ3n) is 2.82. The van der Waals surface area contributed by atoms with E-state index in [1.807, 2.05) is 0 Å². The molecule has 0 atom stereocenters. The molecule has 19 heavy (non-hydrogen) atoms. The van der Waals surface area contributed by atoms with Gasteiger partial charge >= 0.3 is 40.0 Å². The molecule has 0 radical (unpaired) electrons. The summed E-state index contributed by atoms with van der Waals surface area (Å²) >= 11 is 3.19. The van der Waals surface area contributed by atoms with Gasteiger partial charge in [0.25, 0.3) is 0 Å². The molecule has 4 nitrogen and oxygen atoms in total. The molecule has 0 rings (SSSR count). The Morgan fingerprint density at radius 2 is 1.32 bits per heavy atom. The minimum atomic E-state index is -3.87. The van der Waals surface area contributed by atoms with Crippen molar-refractivity contribution in [1.82, 2.24) is 0 Å². The van der Waals surface area contributed by atoms with Gasteiger partial charge in [0.15, 0.2) is 0 Å². The van der Waals surface area contributed by atoms with Crippen molar-refractivity contribution in [3.05, 3.63) is 0 Å². The van der Waals surface area contributed by atoms with Gasteiger partial charge in [-0.15, -0.1) is 0 Å².